The lowest BCUT2D eigenvalue weighted by Crippen LogP contribution is -2.63. The van der Waals surface area contributed by atoms with Gasteiger partial charge >= 0.3 is 17.9 Å². The van der Waals surface area contributed by atoms with Crippen molar-refractivity contribution in [3.05, 3.63) is 0 Å². The number of nitrogens with zero attached hydrogens (tertiary/aromatic N) is 1. The van der Waals surface area contributed by atoms with Crippen LogP contribution in [0.4, 0.5) is 0 Å². The molecule has 0 aliphatic rings. The van der Waals surface area contributed by atoms with Crippen molar-refractivity contribution < 1.29 is 62.8 Å². The van der Waals surface area contributed by atoms with E-state index in [4.69, 9.17) is 38.1 Å². The third kappa shape index (κ3) is 56.4. The van der Waals surface area contributed by atoms with E-state index < -0.39 is 102 Å². The largest absolute Gasteiger partial charge is 0.480 e. The topological polar surface area (TPSA) is 394 Å². The quantitative estimate of drug-likeness (QED) is 0.0199. The smallest absolute Gasteiger partial charge is 0.326 e. The highest BCUT2D eigenvalue weighted by Crippen LogP contribution is 2.22. The van der Waals surface area contributed by atoms with Crippen LogP contribution in [0, 0.1) is 0 Å². The van der Waals surface area contributed by atoms with Gasteiger partial charge in [0.05, 0.1) is 12.6 Å². The van der Waals surface area contributed by atoms with Gasteiger partial charge in [0.2, 0.25) is 29.5 Å². The molecule has 0 bridgehead atoms. The van der Waals surface area contributed by atoms with Crippen molar-refractivity contribution in [1.29, 1.82) is 0 Å². The van der Waals surface area contributed by atoms with Crippen molar-refractivity contribution in [1.82, 2.24) is 26.2 Å². The van der Waals surface area contributed by atoms with E-state index in [9.17, 15) is 48.6 Å². The van der Waals surface area contributed by atoms with Gasteiger partial charge in [0.15, 0.2) is 0 Å². The zero-order chi connectivity index (χ0) is 77.6. The molecule has 0 aromatic rings. The maximum atomic E-state index is 15.3. The van der Waals surface area contributed by atoms with Crippen molar-refractivity contribution in [2.24, 2.45) is 28.7 Å². The molecule has 614 valence electrons. The summed E-state index contributed by atoms with van der Waals surface area (Å²) in [5.74, 6) is -7.41. The van der Waals surface area contributed by atoms with Gasteiger partial charge in [0.1, 0.15) is 42.9 Å². The number of unbranched alkanes of at least 4 members (excludes halogenated alkanes) is 40. The Kier molecular flexibility index (Phi) is 69.3. The molecule has 6 amide bonds. The van der Waals surface area contributed by atoms with Crippen molar-refractivity contribution in [3.8, 4) is 0 Å². The molecule has 0 rings (SSSR count). The van der Waals surface area contributed by atoms with E-state index in [1.54, 1.807) is 0 Å². The lowest BCUT2D eigenvalue weighted by molar-refractivity contribution is -0.157. The van der Waals surface area contributed by atoms with Gasteiger partial charge in [-0.1, -0.05) is 258 Å². The molecule has 24 heteroatoms. The van der Waals surface area contributed by atoms with Crippen LogP contribution >= 0.6 is 11.8 Å². The first-order valence-corrected chi connectivity index (χ1v) is 43.5. The molecular formula is C81H156N10O13S. The van der Waals surface area contributed by atoms with Gasteiger partial charge in [0, 0.05) is 30.8 Å². The molecule has 23 nitrogen and oxygen atoms in total. The number of carbonyl (C=O) groups excluding carboxylic acids is 8. The average molecular weight is 1510 g/mol. The van der Waals surface area contributed by atoms with Crippen molar-refractivity contribution >= 4 is 65.1 Å². The Morgan fingerprint density at radius 2 is 0.724 bits per heavy atom. The molecule has 0 aromatic heterocycles. The molecule has 0 fully saturated rings. The van der Waals surface area contributed by atoms with E-state index in [0.29, 0.717) is 69.2 Å². The third-order valence-corrected chi connectivity index (χ3v) is 20.9. The number of carboxylic acid groups (broad SMARTS) is 1. The maximum Gasteiger partial charge on any atom is 0.326 e. The number of nitrogens with two attached hydrogens (primary N) is 5. The minimum Gasteiger partial charge on any atom is -0.480 e. The van der Waals surface area contributed by atoms with Gasteiger partial charge in [-0.05, 0) is 116 Å². The van der Waals surface area contributed by atoms with Crippen molar-refractivity contribution in [2.75, 3.05) is 50.9 Å². The molecule has 0 aliphatic heterocycles. The van der Waals surface area contributed by atoms with Crippen LogP contribution < -0.4 is 49.9 Å². The molecule has 0 saturated heterocycles. The van der Waals surface area contributed by atoms with Gasteiger partial charge in [-0.2, -0.15) is 11.8 Å². The molecule has 16 N–H and O–H groups in total. The average Bonchev–Trinajstić information content (AvgIpc) is 0.808. The minimum atomic E-state index is -1.72. The van der Waals surface area contributed by atoms with Gasteiger partial charge in [0.25, 0.3) is 5.91 Å². The number of hydrogen-bond donors (Lipinski definition) is 11. The van der Waals surface area contributed by atoms with Gasteiger partial charge in [-0.3, -0.25) is 43.3 Å². The van der Waals surface area contributed by atoms with Crippen LogP contribution in [0.25, 0.3) is 0 Å². The summed E-state index contributed by atoms with van der Waals surface area (Å²) in [6.45, 7) is 6.48. The van der Waals surface area contributed by atoms with Gasteiger partial charge in [-0.15, -0.1) is 0 Å². The summed E-state index contributed by atoms with van der Waals surface area (Å²) >= 11 is 1.18. The predicted molar refractivity (Wildman–Crippen MR) is 427 cm³/mol. The normalized spacial score (nSPS) is 13.4. The number of ether oxygens (including phenoxy) is 2. The van der Waals surface area contributed by atoms with Crippen LogP contribution in [0.15, 0.2) is 0 Å². The number of hydrogen-bond acceptors (Lipinski definition) is 18. The second-order valence-electron chi connectivity index (χ2n) is 29.4. The minimum absolute atomic E-state index is 0.00922. The molecule has 0 heterocycles. The number of carboxylic acids is 1. The van der Waals surface area contributed by atoms with Crippen molar-refractivity contribution in [2.45, 2.75) is 410 Å². The van der Waals surface area contributed by atoms with Crippen LogP contribution in [0.2, 0.25) is 0 Å². The van der Waals surface area contributed by atoms with E-state index in [1.165, 1.54) is 179 Å². The number of rotatable bonds is 77. The van der Waals surface area contributed by atoms with E-state index in [-0.39, 0.29) is 95.5 Å². The van der Waals surface area contributed by atoms with E-state index in [1.807, 2.05) is 0 Å². The highest BCUT2D eigenvalue weighted by molar-refractivity contribution is 7.99. The lowest BCUT2D eigenvalue weighted by atomic mass is 9.99. The standard InChI is InChI=1S/C81H156N10O13S/c1-4-7-10-13-16-19-22-25-28-31-34-37-40-55-73(93)87-71(65-105-64-66(104-75(95)57-42-39-36-33-30-27-24-21-18-15-12-9-6-3)63-103-74(94)56-41-38-35-32-29-26-23-20-17-14-11-8-5-2)77(97)90-70(62-92)76(96)88-68(52-44-48-59-83)80(100)91(79(99)67(86)51-43-47-58-82)72(54-46-50-61-85)78(98)89-69(81(101)102)53-45-49-60-84/h66-72,92H,4-65,82-86H2,1-3H3,(H,87,93)(H,88,96)(H,89,98)(H,90,97)(H,101,102)/t66?,67?,68-,69-,70-,71-,72-/m0/s1. The molecule has 0 saturated carbocycles. The Bertz CT molecular complexity index is 2190. The maximum absolute atomic E-state index is 15.3. The number of esters is 2. The first kappa shape index (κ1) is 101. The SMILES string of the molecule is CCCCCCCCCCCCCCCC(=O)N[C@@H](CSCC(COC(=O)CCCCCCCCCCCCCCC)OC(=O)CCCCCCCCCCCCCCC)C(=O)N[C@@H](CO)C(=O)N[C@@H](CCCCN)C(=O)N(C(=O)C(N)CCCCN)[C@@H](CCCCN)C(=O)N[C@@H](CCCCN)C(=O)O. The summed E-state index contributed by atoms with van der Waals surface area (Å²) in [7, 11) is 0. The monoisotopic (exact) mass is 1510 g/mol. The summed E-state index contributed by atoms with van der Waals surface area (Å²) in [4.78, 5) is 128. The zero-order valence-electron chi connectivity index (χ0n) is 66.5. The van der Waals surface area contributed by atoms with E-state index >= 15 is 4.79 Å². The summed E-state index contributed by atoms with van der Waals surface area (Å²) < 4.78 is 11.8. The van der Waals surface area contributed by atoms with Crippen LogP contribution in [0.1, 0.15) is 367 Å². The molecule has 0 aliphatic carbocycles. The number of thioether (sulfide) groups is 1. The fourth-order valence-electron chi connectivity index (χ4n) is 13.0. The molecular weight excluding hydrogens is 1350 g/mol. The van der Waals surface area contributed by atoms with Crippen LogP contribution in [-0.2, 0) is 52.6 Å². The number of amides is 6. The fraction of sp³-hybridized carbons (Fsp3) is 0.889. The van der Waals surface area contributed by atoms with E-state index in [0.717, 1.165) is 64.2 Å². The van der Waals surface area contributed by atoms with Crippen LogP contribution in [-0.4, -0.2) is 162 Å². The Hall–Kier alpha value is -4.46. The highest BCUT2D eigenvalue weighted by atomic mass is 32.2. The van der Waals surface area contributed by atoms with Gasteiger partial charge in [-0.25, -0.2) is 4.79 Å². The summed E-state index contributed by atoms with van der Waals surface area (Å²) in [5, 5.41) is 31.7. The second-order valence-corrected chi connectivity index (χ2v) is 30.5. The number of aliphatic hydroxyl groups excluding tert-OH is 1. The molecule has 7 atom stereocenters. The number of aliphatic hydroxyl groups is 1. The summed E-state index contributed by atoms with van der Waals surface area (Å²) in [6.07, 6.45) is 47.1. The molecule has 105 heavy (non-hydrogen) atoms. The number of imide groups is 1. The van der Waals surface area contributed by atoms with E-state index in [2.05, 4.69) is 42.0 Å². The lowest BCUT2D eigenvalue weighted by Gasteiger charge is -2.35. The first-order valence-electron chi connectivity index (χ1n) is 42.4. The molecule has 0 aromatic carbocycles. The Morgan fingerprint density at radius 3 is 1.13 bits per heavy atom. The molecule has 2 unspecified atom stereocenters. The Morgan fingerprint density at radius 1 is 0.371 bits per heavy atom. The first-order chi connectivity index (χ1) is 51.0. The number of nitrogens with one attached hydrogen (secondary N) is 4. The highest BCUT2D eigenvalue weighted by Gasteiger charge is 2.42. The molecule has 0 spiro atoms. The van der Waals surface area contributed by atoms with Crippen LogP contribution in [0.3, 0.4) is 0 Å². The second kappa shape index (κ2) is 72.4. The Balaban J connectivity index is 6.93. The zero-order valence-corrected chi connectivity index (χ0v) is 67.3. The third-order valence-electron chi connectivity index (χ3n) is 19.7. The fourth-order valence-corrected chi connectivity index (χ4v) is 14.1. The Labute approximate surface area is 640 Å². The summed E-state index contributed by atoms with van der Waals surface area (Å²) in [5.41, 5.74) is 29.7. The van der Waals surface area contributed by atoms with Crippen LogP contribution in [0.5, 0.6) is 0 Å². The predicted octanol–water partition coefficient (Wildman–Crippen LogP) is 13.2. The van der Waals surface area contributed by atoms with Gasteiger partial charge < -0.3 is 69.6 Å². The van der Waals surface area contributed by atoms with Crippen molar-refractivity contribution in [3.63, 3.8) is 0 Å². The summed E-state index contributed by atoms with van der Waals surface area (Å²) in [6, 6.07) is -8.93. The number of aliphatic carboxylic acids is 1. The molecule has 0 radical (unpaired) electrons. The number of carbonyl (C=O) groups is 9.